The van der Waals surface area contributed by atoms with Gasteiger partial charge in [-0.3, -0.25) is 14.7 Å². The summed E-state index contributed by atoms with van der Waals surface area (Å²) in [4.78, 5) is 19.1. The summed E-state index contributed by atoms with van der Waals surface area (Å²) in [6.07, 6.45) is 3.72. The van der Waals surface area contributed by atoms with Gasteiger partial charge in [0.1, 0.15) is 11.3 Å². The maximum atomic E-state index is 12.4. The molecule has 1 aliphatic heterocycles. The van der Waals surface area contributed by atoms with Crippen LogP contribution in [0.25, 0.3) is 0 Å². The predicted molar refractivity (Wildman–Crippen MR) is 86.0 cm³/mol. The third-order valence-electron chi connectivity index (χ3n) is 4.29. The van der Waals surface area contributed by atoms with Gasteiger partial charge in [0.05, 0.1) is 11.4 Å². The second kappa shape index (κ2) is 6.91. The number of aromatic nitrogens is 2. The molecule has 0 aromatic carbocycles. The minimum atomic E-state index is -0.0792. The SMILES string of the molecule is Cc1noc(C)c1C(=O)NC1CCN(Cc2ccccn2)CC1. The summed E-state index contributed by atoms with van der Waals surface area (Å²) in [5.41, 5.74) is 2.30. The zero-order valence-electron chi connectivity index (χ0n) is 13.6. The minimum absolute atomic E-state index is 0.0792. The van der Waals surface area contributed by atoms with Crippen LogP contribution in [0.4, 0.5) is 0 Å². The Morgan fingerprint density at radius 2 is 2.13 bits per heavy atom. The van der Waals surface area contributed by atoms with Crippen LogP contribution >= 0.6 is 0 Å². The first-order chi connectivity index (χ1) is 11.1. The largest absolute Gasteiger partial charge is 0.361 e. The van der Waals surface area contributed by atoms with Crippen LogP contribution in [0.2, 0.25) is 0 Å². The molecule has 0 atom stereocenters. The summed E-state index contributed by atoms with van der Waals surface area (Å²) >= 11 is 0. The first-order valence-corrected chi connectivity index (χ1v) is 7.99. The molecule has 0 spiro atoms. The molecule has 6 nitrogen and oxygen atoms in total. The average molecular weight is 314 g/mol. The second-order valence-electron chi connectivity index (χ2n) is 6.04. The van der Waals surface area contributed by atoms with E-state index in [0.29, 0.717) is 17.0 Å². The van der Waals surface area contributed by atoms with Crippen LogP contribution in [-0.2, 0) is 6.54 Å². The van der Waals surface area contributed by atoms with Crippen molar-refractivity contribution < 1.29 is 9.32 Å². The molecular formula is C17H22N4O2. The van der Waals surface area contributed by atoms with E-state index in [1.165, 1.54) is 0 Å². The number of aryl methyl sites for hydroxylation is 2. The van der Waals surface area contributed by atoms with E-state index >= 15 is 0 Å². The summed E-state index contributed by atoms with van der Waals surface area (Å²) in [6.45, 7) is 6.35. The van der Waals surface area contributed by atoms with Gasteiger partial charge in [-0.25, -0.2) is 0 Å². The predicted octanol–water partition coefficient (Wildman–Crippen LogP) is 2.08. The number of hydrogen-bond donors (Lipinski definition) is 1. The molecule has 0 radical (unpaired) electrons. The molecule has 0 aliphatic carbocycles. The summed E-state index contributed by atoms with van der Waals surface area (Å²) in [5.74, 6) is 0.497. The molecule has 1 fully saturated rings. The smallest absolute Gasteiger partial charge is 0.257 e. The fourth-order valence-electron chi connectivity index (χ4n) is 3.02. The Labute approximate surface area is 135 Å². The molecule has 1 N–H and O–H groups in total. The van der Waals surface area contributed by atoms with Crippen LogP contribution in [0, 0.1) is 13.8 Å². The Morgan fingerprint density at radius 1 is 1.35 bits per heavy atom. The highest BCUT2D eigenvalue weighted by Crippen LogP contribution is 2.16. The van der Waals surface area contributed by atoms with E-state index in [9.17, 15) is 4.79 Å². The second-order valence-corrected chi connectivity index (χ2v) is 6.04. The molecule has 3 heterocycles. The zero-order valence-corrected chi connectivity index (χ0v) is 13.6. The monoisotopic (exact) mass is 314 g/mol. The number of carbonyl (C=O) groups excluding carboxylic acids is 1. The van der Waals surface area contributed by atoms with Gasteiger partial charge in [-0.2, -0.15) is 0 Å². The van der Waals surface area contributed by atoms with Gasteiger partial charge in [0.2, 0.25) is 0 Å². The Morgan fingerprint density at radius 3 is 2.74 bits per heavy atom. The van der Waals surface area contributed by atoms with Crippen molar-refractivity contribution in [3.8, 4) is 0 Å². The van der Waals surface area contributed by atoms with Crippen molar-refractivity contribution in [2.45, 2.75) is 39.3 Å². The number of amides is 1. The van der Waals surface area contributed by atoms with E-state index in [4.69, 9.17) is 4.52 Å². The van der Waals surface area contributed by atoms with Crippen LogP contribution < -0.4 is 5.32 Å². The molecule has 0 saturated carbocycles. The van der Waals surface area contributed by atoms with Gasteiger partial charge < -0.3 is 9.84 Å². The molecule has 1 amide bonds. The fourth-order valence-corrected chi connectivity index (χ4v) is 3.02. The maximum Gasteiger partial charge on any atom is 0.257 e. The van der Waals surface area contributed by atoms with Gasteiger partial charge in [-0.15, -0.1) is 0 Å². The normalized spacial score (nSPS) is 16.4. The van der Waals surface area contributed by atoms with Gasteiger partial charge >= 0.3 is 0 Å². The molecule has 1 aliphatic rings. The molecule has 1 saturated heterocycles. The lowest BCUT2D eigenvalue weighted by atomic mass is 10.0. The molecule has 0 bridgehead atoms. The van der Waals surface area contributed by atoms with Crippen molar-refractivity contribution in [1.29, 1.82) is 0 Å². The van der Waals surface area contributed by atoms with Crippen LogP contribution in [0.3, 0.4) is 0 Å². The lowest BCUT2D eigenvalue weighted by Gasteiger charge is -2.32. The number of pyridine rings is 1. The van der Waals surface area contributed by atoms with E-state index in [1.54, 1.807) is 13.8 Å². The number of piperidine rings is 1. The highest BCUT2D eigenvalue weighted by molar-refractivity contribution is 5.96. The van der Waals surface area contributed by atoms with E-state index in [2.05, 4.69) is 20.4 Å². The van der Waals surface area contributed by atoms with Crippen molar-refractivity contribution in [3.05, 3.63) is 47.1 Å². The lowest BCUT2D eigenvalue weighted by Crippen LogP contribution is -2.44. The Kier molecular flexibility index (Phi) is 4.71. The Balaban J connectivity index is 1.50. The van der Waals surface area contributed by atoms with Crippen LogP contribution in [0.5, 0.6) is 0 Å². The summed E-state index contributed by atoms with van der Waals surface area (Å²) in [5, 5.41) is 6.94. The van der Waals surface area contributed by atoms with Crippen molar-refractivity contribution in [2.24, 2.45) is 0 Å². The van der Waals surface area contributed by atoms with Crippen LogP contribution in [-0.4, -0.2) is 40.1 Å². The number of carbonyl (C=O) groups is 1. The zero-order chi connectivity index (χ0) is 16.2. The van der Waals surface area contributed by atoms with Crippen molar-refractivity contribution in [1.82, 2.24) is 20.4 Å². The van der Waals surface area contributed by atoms with Crippen molar-refractivity contribution >= 4 is 5.91 Å². The molecule has 0 unspecified atom stereocenters. The van der Waals surface area contributed by atoms with Gasteiger partial charge in [0.15, 0.2) is 0 Å². The lowest BCUT2D eigenvalue weighted by molar-refractivity contribution is 0.0906. The fraction of sp³-hybridized carbons (Fsp3) is 0.471. The maximum absolute atomic E-state index is 12.4. The van der Waals surface area contributed by atoms with Gasteiger partial charge in [0, 0.05) is 31.9 Å². The number of likely N-dealkylation sites (tertiary alicyclic amines) is 1. The Hall–Kier alpha value is -2.21. The van der Waals surface area contributed by atoms with Crippen LogP contribution in [0.15, 0.2) is 28.9 Å². The van der Waals surface area contributed by atoms with Gasteiger partial charge in [0.25, 0.3) is 5.91 Å². The van der Waals surface area contributed by atoms with E-state index in [0.717, 1.165) is 38.2 Å². The van der Waals surface area contributed by atoms with Crippen LogP contribution in [0.1, 0.15) is 40.3 Å². The van der Waals surface area contributed by atoms with Crippen molar-refractivity contribution in [2.75, 3.05) is 13.1 Å². The summed E-state index contributed by atoms with van der Waals surface area (Å²) < 4.78 is 5.06. The molecule has 2 aromatic heterocycles. The topological polar surface area (TPSA) is 71.3 Å². The van der Waals surface area contributed by atoms with E-state index < -0.39 is 0 Å². The van der Waals surface area contributed by atoms with Crippen molar-refractivity contribution in [3.63, 3.8) is 0 Å². The molecular weight excluding hydrogens is 292 g/mol. The molecule has 23 heavy (non-hydrogen) atoms. The quantitative estimate of drug-likeness (QED) is 0.935. The highest BCUT2D eigenvalue weighted by atomic mass is 16.5. The standard InChI is InChI=1S/C17H22N4O2/c1-12-16(13(2)23-20-12)17(22)19-14-6-9-21(10-7-14)11-15-5-3-4-8-18-15/h3-5,8,14H,6-7,9-11H2,1-2H3,(H,19,22). The third-order valence-corrected chi connectivity index (χ3v) is 4.29. The Bertz CT molecular complexity index is 641. The number of rotatable bonds is 4. The summed E-state index contributed by atoms with van der Waals surface area (Å²) in [7, 11) is 0. The molecule has 3 rings (SSSR count). The first kappa shape index (κ1) is 15.7. The number of hydrogen-bond acceptors (Lipinski definition) is 5. The average Bonchev–Trinajstić information content (AvgIpc) is 2.89. The highest BCUT2D eigenvalue weighted by Gasteiger charge is 2.24. The first-order valence-electron chi connectivity index (χ1n) is 7.99. The van der Waals surface area contributed by atoms with E-state index in [1.807, 2.05) is 24.4 Å². The molecule has 122 valence electrons. The van der Waals surface area contributed by atoms with Gasteiger partial charge in [-0.05, 0) is 38.8 Å². The molecule has 6 heteroatoms. The summed E-state index contributed by atoms with van der Waals surface area (Å²) in [6, 6.07) is 6.20. The number of nitrogens with zero attached hydrogens (tertiary/aromatic N) is 3. The molecule has 2 aromatic rings. The minimum Gasteiger partial charge on any atom is -0.361 e. The van der Waals surface area contributed by atoms with Gasteiger partial charge in [-0.1, -0.05) is 11.2 Å². The number of nitrogens with one attached hydrogen (secondary N) is 1. The third kappa shape index (κ3) is 3.76. The van der Waals surface area contributed by atoms with E-state index in [-0.39, 0.29) is 11.9 Å².